The van der Waals surface area contributed by atoms with Gasteiger partial charge in [-0.05, 0) is 48.0 Å². The van der Waals surface area contributed by atoms with Crippen molar-refractivity contribution in [2.45, 2.75) is 4.90 Å². The van der Waals surface area contributed by atoms with Gasteiger partial charge in [-0.3, -0.25) is 0 Å². The van der Waals surface area contributed by atoms with Gasteiger partial charge >= 0.3 is 0 Å². The Balaban J connectivity index is 2.46. The topological polar surface area (TPSA) is 81.7 Å². The molecular formula is C16H9BrN2O2S. The molecule has 2 rings (SSSR count). The van der Waals surface area contributed by atoms with Crippen molar-refractivity contribution < 1.29 is 8.42 Å². The number of hydrogen-bond acceptors (Lipinski definition) is 4. The largest absolute Gasteiger partial charge is 0.218 e. The Hall–Kier alpha value is -2.41. The predicted octanol–water partition coefficient (Wildman–Crippen LogP) is 3.66. The Labute approximate surface area is 137 Å². The van der Waals surface area contributed by atoms with Gasteiger partial charge in [0.25, 0.3) is 0 Å². The molecule has 22 heavy (non-hydrogen) atoms. The van der Waals surface area contributed by atoms with Crippen LogP contribution in [0.3, 0.4) is 0 Å². The molecule has 0 bridgehead atoms. The van der Waals surface area contributed by atoms with E-state index in [9.17, 15) is 13.7 Å². The molecule has 0 fully saturated rings. The molecule has 2 aromatic carbocycles. The second-order valence-corrected chi connectivity index (χ2v) is 7.15. The van der Waals surface area contributed by atoms with Crippen molar-refractivity contribution in [3.05, 3.63) is 69.0 Å². The van der Waals surface area contributed by atoms with Gasteiger partial charge in [0.15, 0.2) is 0 Å². The summed E-state index contributed by atoms with van der Waals surface area (Å²) >= 11 is 3.23. The minimum Gasteiger partial charge on any atom is -0.218 e. The summed E-state index contributed by atoms with van der Waals surface area (Å²) in [6.45, 7) is 0. The minimum atomic E-state index is -3.87. The molecule has 108 valence electrons. The van der Waals surface area contributed by atoms with Crippen LogP contribution in [0, 0.1) is 22.7 Å². The molecule has 0 radical (unpaired) electrons. The minimum absolute atomic E-state index is 0.0529. The van der Waals surface area contributed by atoms with E-state index in [1.54, 1.807) is 42.5 Å². The van der Waals surface area contributed by atoms with Crippen molar-refractivity contribution in [3.63, 3.8) is 0 Å². The first-order chi connectivity index (χ1) is 10.5. The van der Waals surface area contributed by atoms with E-state index in [0.29, 0.717) is 11.1 Å². The van der Waals surface area contributed by atoms with E-state index in [-0.39, 0.29) is 9.80 Å². The number of benzene rings is 2. The second kappa shape index (κ2) is 6.57. The highest BCUT2D eigenvalue weighted by Crippen LogP contribution is 2.23. The van der Waals surface area contributed by atoms with Gasteiger partial charge in [0, 0.05) is 4.47 Å². The monoisotopic (exact) mass is 372 g/mol. The lowest BCUT2D eigenvalue weighted by molar-refractivity contribution is 0.603. The highest BCUT2D eigenvalue weighted by molar-refractivity contribution is 9.10. The smallest absolute Gasteiger partial charge is 0.216 e. The molecule has 0 heterocycles. The highest BCUT2D eigenvalue weighted by atomic mass is 79.9. The fourth-order valence-corrected chi connectivity index (χ4v) is 3.14. The lowest BCUT2D eigenvalue weighted by Crippen LogP contribution is -2.03. The zero-order valence-corrected chi connectivity index (χ0v) is 13.6. The van der Waals surface area contributed by atoms with Crippen molar-refractivity contribution in [1.82, 2.24) is 0 Å². The first-order valence-electron chi connectivity index (χ1n) is 6.10. The lowest BCUT2D eigenvalue weighted by Gasteiger charge is -2.03. The summed E-state index contributed by atoms with van der Waals surface area (Å²) in [6.07, 6.45) is 1.29. The van der Waals surface area contributed by atoms with Gasteiger partial charge in [-0.2, -0.15) is 10.5 Å². The molecule has 0 spiro atoms. The number of rotatable bonds is 3. The summed E-state index contributed by atoms with van der Waals surface area (Å²) in [7, 11) is -3.87. The molecule has 0 amide bonds. The fourth-order valence-electron chi connectivity index (χ4n) is 1.72. The zero-order chi connectivity index (χ0) is 16.2. The van der Waals surface area contributed by atoms with E-state index in [4.69, 9.17) is 5.26 Å². The standard InChI is InChI=1S/C16H9BrN2O2S/c17-14-5-7-15(8-6-14)22(20,21)16(11-19)9-12-1-3-13(10-18)4-2-12/h1-9H/b16-9-. The summed E-state index contributed by atoms with van der Waals surface area (Å²) < 4.78 is 25.6. The number of sulfone groups is 1. The molecule has 0 saturated heterocycles. The van der Waals surface area contributed by atoms with Gasteiger partial charge < -0.3 is 0 Å². The van der Waals surface area contributed by atoms with Crippen LogP contribution in [0.15, 0.2) is 62.8 Å². The van der Waals surface area contributed by atoms with Gasteiger partial charge in [-0.25, -0.2) is 8.42 Å². The van der Waals surface area contributed by atoms with E-state index >= 15 is 0 Å². The van der Waals surface area contributed by atoms with Crippen molar-refractivity contribution in [2.24, 2.45) is 0 Å². The van der Waals surface area contributed by atoms with Crippen LogP contribution in [0.4, 0.5) is 0 Å². The number of hydrogen-bond donors (Lipinski definition) is 0. The number of nitriles is 2. The van der Waals surface area contributed by atoms with E-state index < -0.39 is 9.84 Å². The molecule has 0 N–H and O–H groups in total. The summed E-state index contributed by atoms with van der Waals surface area (Å²) in [5.41, 5.74) is 1.00. The summed E-state index contributed by atoms with van der Waals surface area (Å²) in [5.74, 6) is 0. The highest BCUT2D eigenvalue weighted by Gasteiger charge is 2.20. The van der Waals surface area contributed by atoms with E-state index in [0.717, 1.165) is 4.47 Å². The molecule has 0 unspecified atom stereocenters. The van der Waals surface area contributed by atoms with Gasteiger partial charge in [0.1, 0.15) is 11.0 Å². The fraction of sp³-hybridized carbons (Fsp3) is 0. The Kier molecular flexibility index (Phi) is 4.77. The number of nitrogens with zero attached hydrogens (tertiary/aromatic N) is 2. The van der Waals surface area contributed by atoms with Gasteiger partial charge in [0.2, 0.25) is 9.84 Å². The molecule has 0 atom stereocenters. The average Bonchev–Trinajstić information content (AvgIpc) is 2.53. The molecule has 0 aliphatic rings. The Morgan fingerprint density at radius 3 is 2.09 bits per heavy atom. The van der Waals surface area contributed by atoms with Crippen LogP contribution in [0.5, 0.6) is 0 Å². The normalized spacial score (nSPS) is 11.5. The van der Waals surface area contributed by atoms with Crippen LogP contribution in [-0.4, -0.2) is 8.42 Å². The van der Waals surface area contributed by atoms with E-state index in [1.165, 1.54) is 18.2 Å². The molecule has 4 nitrogen and oxygen atoms in total. The average molecular weight is 373 g/mol. The molecule has 6 heteroatoms. The van der Waals surface area contributed by atoms with Crippen molar-refractivity contribution in [3.8, 4) is 12.1 Å². The second-order valence-electron chi connectivity index (χ2n) is 4.31. The maximum atomic E-state index is 12.4. The summed E-state index contributed by atoms with van der Waals surface area (Å²) in [6, 6.07) is 16.1. The number of allylic oxidation sites excluding steroid dienone is 1. The van der Waals surface area contributed by atoms with Gasteiger partial charge in [-0.1, -0.05) is 28.1 Å². The molecule has 0 aromatic heterocycles. The van der Waals surface area contributed by atoms with Gasteiger partial charge in [-0.15, -0.1) is 0 Å². The number of halogens is 1. The van der Waals surface area contributed by atoms with E-state index in [1.807, 2.05) is 6.07 Å². The molecule has 2 aromatic rings. The molecule has 0 aliphatic heterocycles. The van der Waals surface area contributed by atoms with Crippen LogP contribution < -0.4 is 0 Å². The Bertz CT molecular complexity index is 901. The third-order valence-electron chi connectivity index (χ3n) is 2.86. The molecular weight excluding hydrogens is 364 g/mol. The third-order valence-corrected chi connectivity index (χ3v) is 5.07. The third kappa shape index (κ3) is 3.43. The first-order valence-corrected chi connectivity index (χ1v) is 8.37. The van der Waals surface area contributed by atoms with Crippen molar-refractivity contribution in [2.75, 3.05) is 0 Å². The van der Waals surface area contributed by atoms with Crippen LogP contribution in [0.2, 0.25) is 0 Å². The van der Waals surface area contributed by atoms with Crippen LogP contribution in [-0.2, 0) is 9.84 Å². The Morgan fingerprint density at radius 1 is 1.00 bits per heavy atom. The van der Waals surface area contributed by atoms with E-state index in [2.05, 4.69) is 15.9 Å². The van der Waals surface area contributed by atoms with Crippen LogP contribution in [0.25, 0.3) is 6.08 Å². The Morgan fingerprint density at radius 2 is 1.59 bits per heavy atom. The van der Waals surface area contributed by atoms with Crippen molar-refractivity contribution >= 4 is 31.8 Å². The zero-order valence-electron chi connectivity index (χ0n) is 11.2. The quantitative estimate of drug-likeness (QED) is 0.769. The van der Waals surface area contributed by atoms with Crippen LogP contribution in [0.1, 0.15) is 11.1 Å². The predicted molar refractivity (Wildman–Crippen MR) is 86.1 cm³/mol. The molecule has 0 saturated carbocycles. The maximum Gasteiger partial charge on any atom is 0.216 e. The summed E-state index contributed by atoms with van der Waals surface area (Å²) in [5, 5.41) is 17.9. The van der Waals surface area contributed by atoms with Crippen LogP contribution >= 0.6 is 15.9 Å². The SMILES string of the molecule is N#C/C(=C/c1ccc(C#N)cc1)S(=O)(=O)c1ccc(Br)cc1. The maximum absolute atomic E-state index is 12.4. The molecule has 0 aliphatic carbocycles. The van der Waals surface area contributed by atoms with Gasteiger partial charge in [0.05, 0.1) is 16.5 Å². The first kappa shape index (κ1) is 16.0. The summed E-state index contributed by atoms with van der Waals surface area (Å²) in [4.78, 5) is -0.295. The lowest BCUT2D eigenvalue weighted by atomic mass is 10.1. The van der Waals surface area contributed by atoms with Crippen molar-refractivity contribution in [1.29, 1.82) is 10.5 Å².